The topological polar surface area (TPSA) is 39.2 Å². The highest BCUT2D eigenvalue weighted by Gasteiger charge is 2.48. The van der Waals surface area contributed by atoms with Gasteiger partial charge in [-0.05, 0) is 50.8 Å². The van der Waals surface area contributed by atoms with Crippen LogP contribution >= 0.6 is 0 Å². The summed E-state index contributed by atoms with van der Waals surface area (Å²) in [5.41, 5.74) is 10.0. The molecule has 2 N–H and O–H groups in total. The summed E-state index contributed by atoms with van der Waals surface area (Å²) in [6.45, 7) is 6.29. The Morgan fingerprint density at radius 3 is 2.59 bits per heavy atom. The Hall–Kier alpha value is -1.28. The lowest BCUT2D eigenvalue weighted by Crippen LogP contribution is -2.31. The van der Waals surface area contributed by atoms with Crippen molar-refractivity contribution in [3.8, 4) is 0 Å². The lowest BCUT2D eigenvalue weighted by molar-refractivity contribution is 0.558. The van der Waals surface area contributed by atoms with E-state index in [1.165, 1.54) is 29.4 Å². The van der Waals surface area contributed by atoms with Crippen LogP contribution in [0.3, 0.4) is 0 Å². The Labute approximate surface area is 102 Å². The smallest absolute Gasteiger partial charge is 0.134 e. The van der Waals surface area contributed by atoms with E-state index in [-0.39, 0.29) is 11.5 Å². The molecule has 0 aliphatic heterocycles. The molecule has 1 unspecified atom stereocenters. The highest BCUT2D eigenvalue weighted by Crippen LogP contribution is 2.53. The van der Waals surface area contributed by atoms with Crippen LogP contribution in [0.4, 0.5) is 0 Å². The second kappa shape index (κ2) is 3.36. The highest BCUT2D eigenvalue weighted by atomic mass is 16.3. The molecule has 0 amide bonds. The van der Waals surface area contributed by atoms with E-state index in [0.29, 0.717) is 0 Å². The van der Waals surface area contributed by atoms with Gasteiger partial charge in [-0.1, -0.05) is 12.1 Å². The number of hydrogen-bond donors (Lipinski definition) is 1. The predicted molar refractivity (Wildman–Crippen MR) is 70.2 cm³/mol. The van der Waals surface area contributed by atoms with Crippen LogP contribution in [-0.4, -0.2) is 6.04 Å². The standard InChI is InChI=1S/C15H19NO/c1-9-10(2)17-13-6-4-5-12(14(9)13)15(7-8-15)11(3)16/h4-6,11H,7-8,16H2,1-3H3. The van der Waals surface area contributed by atoms with Crippen LogP contribution in [0.1, 0.15) is 36.7 Å². The quantitative estimate of drug-likeness (QED) is 0.857. The van der Waals surface area contributed by atoms with E-state index in [1.807, 2.05) is 6.92 Å². The number of furan rings is 1. The molecule has 0 bridgehead atoms. The van der Waals surface area contributed by atoms with Gasteiger partial charge in [-0.25, -0.2) is 0 Å². The van der Waals surface area contributed by atoms with Crippen LogP contribution in [0.25, 0.3) is 11.0 Å². The molecular weight excluding hydrogens is 210 g/mol. The van der Waals surface area contributed by atoms with Crippen molar-refractivity contribution in [2.45, 2.75) is 45.1 Å². The monoisotopic (exact) mass is 229 g/mol. The highest BCUT2D eigenvalue weighted by molar-refractivity contribution is 5.87. The minimum Gasteiger partial charge on any atom is -0.461 e. The van der Waals surface area contributed by atoms with E-state index in [2.05, 4.69) is 32.0 Å². The number of fused-ring (bicyclic) bond motifs is 1. The van der Waals surface area contributed by atoms with Gasteiger partial charge in [0.25, 0.3) is 0 Å². The van der Waals surface area contributed by atoms with Gasteiger partial charge in [-0.2, -0.15) is 0 Å². The predicted octanol–water partition coefficient (Wildman–Crippen LogP) is 3.43. The minimum absolute atomic E-state index is 0.195. The first-order valence-electron chi connectivity index (χ1n) is 6.31. The van der Waals surface area contributed by atoms with Crippen LogP contribution in [-0.2, 0) is 5.41 Å². The molecule has 0 radical (unpaired) electrons. The zero-order valence-corrected chi connectivity index (χ0v) is 10.7. The van der Waals surface area contributed by atoms with Gasteiger partial charge in [-0.15, -0.1) is 0 Å². The summed E-state index contributed by atoms with van der Waals surface area (Å²) in [7, 11) is 0. The molecule has 0 spiro atoms. The lowest BCUT2D eigenvalue weighted by Gasteiger charge is -2.21. The van der Waals surface area contributed by atoms with Gasteiger partial charge in [0.15, 0.2) is 0 Å². The van der Waals surface area contributed by atoms with Crippen LogP contribution < -0.4 is 5.73 Å². The molecule has 90 valence electrons. The molecule has 1 saturated carbocycles. The summed E-state index contributed by atoms with van der Waals surface area (Å²) in [5.74, 6) is 1.02. The van der Waals surface area contributed by atoms with Gasteiger partial charge < -0.3 is 10.2 Å². The Balaban J connectivity index is 2.30. The third kappa shape index (κ3) is 1.37. The van der Waals surface area contributed by atoms with Crippen LogP contribution in [0, 0.1) is 13.8 Å². The number of hydrogen-bond acceptors (Lipinski definition) is 2. The molecule has 1 aromatic carbocycles. The normalized spacial score (nSPS) is 19.5. The van der Waals surface area contributed by atoms with Gasteiger partial charge in [0.1, 0.15) is 11.3 Å². The molecule has 1 aromatic heterocycles. The molecule has 2 heteroatoms. The zero-order chi connectivity index (χ0) is 12.2. The molecule has 1 heterocycles. The van der Waals surface area contributed by atoms with E-state index in [0.717, 1.165) is 11.3 Å². The largest absolute Gasteiger partial charge is 0.461 e. The molecule has 2 aromatic rings. The van der Waals surface area contributed by atoms with E-state index in [4.69, 9.17) is 10.2 Å². The summed E-state index contributed by atoms with van der Waals surface area (Å²) in [5, 5.41) is 1.29. The molecular formula is C15H19NO. The average Bonchev–Trinajstić information content (AvgIpc) is 3.04. The first kappa shape index (κ1) is 10.8. The van der Waals surface area contributed by atoms with Crippen molar-refractivity contribution in [2.24, 2.45) is 5.73 Å². The lowest BCUT2D eigenvalue weighted by atomic mass is 9.86. The fourth-order valence-corrected chi connectivity index (χ4v) is 2.94. The summed E-state index contributed by atoms with van der Waals surface area (Å²) >= 11 is 0. The third-order valence-corrected chi connectivity index (χ3v) is 4.39. The van der Waals surface area contributed by atoms with Gasteiger partial charge in [0, 0.05) is 16.8 Å². The Morgan fingerprint density at radius 1 is 1.29 bits per heavy atom. The summed E-state index contributed by atoms with van der Waals surface area (Å²) in [4.78, 5) is 0. The first-order valence-corrected chi connectivity index (χ1v) is 6.31. The molecule has 17 heavy (non-hydrogen) atoms. The molecule has 1 fully saturated rings. The minimum atomic E-state index is 0.195. The molecule has 0 saturated heterocycles. The second-order valence-corrected chi connectivity index (χ2v) is 5.41. The maximum absolute atomic E-state index is 6.18. The van der Waals surface area contributed by atoms with Crippen molar-refractivity contribution in [2.75, 3.05) is 0 Å². The summed E-state index contributed by atoms with van der Waals surface area (Å²) < 4.78 is 5.80. The molecule has 1 aliphatic rings. The van der Waals surface area contributed by atoms with Gasteiger partial charge in [0.05, 0.1) is 0 Å². The Kier molecular flexibility index (Phi) is 2.14. The van der Waals surface area contributed by atoms with E-state index in [1.54, 1.807) is 0 Å². The Bertz CT molecular complexity index is 576. The Morgan fingerprint density at radius 2 is 2.00 bits per heavy atom. The molecule has 1 aliphatic carbocycles. The van der Waals surface area contributed by atoms with Crippen molar-refractivity contribution in [3.05, 3.63) is 35.1 Å². The van der Waals surface area contributed by atoms with Crippen LogP contribution in [0.15, 0.2) is 22.6 Å². The van der Waals surface area contributed by atoms with Crippen molar-refractivity contribution in [3.63, 3.8) is 0 Å². The van der Waals surface area contributed by atoms with Gasteiger partial charge in [0.2, 0.25) is 0 Å². The fraction of sp³-hybridized carbons (Fsp3) is 0.467. The number of benzene rings is 1. The number of rotatable bonds is 2. The first-order chi connectivity index (χ1) is 8.06. The fourth-order valence-electron chi connectivity index (χ4n) is 2.94. The maximum Gasteiger partial charge on any atom is 0.134 e. The van der Waals surface area contributed by atoms with E-state index >= 15 is 0 Å². The second-order valence-electron chi connectivity index (χ2n) is 5.41. The molecule has 3 rings (SSSR count). The SMILES string of the molecule is Cc1oc2cccc(C3(C(C)N)CC3)c2c1C. The number of aryl methyl sites for hydroxylation is 2. The van der Waals surface area contributed by atoms with Gasteiger partial charge >= 0.3 is 0 Å². The number of nitrogens with two attached hydrogens (primary N) is 1. The van der Waals surface area contributed by atoms with Crippen LogP contribution in [0.5, 0.6) is 0 Å². The van der Waals surface area contributed by atoms with E-state index in [9.17, 15) is 0 Å². The maximum atomic E-state index is 6.18. The van der Waals surface area contributed by atoms with E-state index < -0.39 is 0 Å². The van der Waals surface area contributed by atoms with Crippen molar-refractivity contribution < 1.29 is 4.42 Å². The zero-order valence-electron chi connectivity index (χ0n) is 10.7. The summed E-state index contributed by atoms with van der Waals surface area (Å²) in [6.07, 6.45) is 2.40. The summed E-state index contributed by atoms with van der Waals surface area (Å²) in [6, 6.07) is 6.57. The van der Waals surface area contributed by atoms with Gasteiger partial charge in [-0.3, -0.25) is 0 Å². The van der Waals surface area contributed by atoms with Crippen molar-refractivity contribution in [1.82, 2.24) is 0 Å². The molecule has 1 atom stereocenters. The average molecular weight is 229 g/mol. The molecule has 2 nitrogen and oxygen atoms in total. The van der Waals surface area contributed by atoms with Crippen LogP contribution in [0.2, 0.25) is 0 Å². The van der Waals surface area contributed by atoms with Crippen molar-refractivity contribution in [1.29, 1.82) is 0 Å². The third-order valence-electron chi connectivity index (χ3n) is 4.39. The van der Waals surface area contributed by atoms with Crippen molar-refractivity contribution >= 4 is 11.0 Å².